The summed E-state index contributed by atoms with van der Waals surface area (Å²) in [7, 11) is 1.61. The van der Waals surface area contributed by atoms with Gasteiger partial charge in [-0.2, -0.15) is 5.10 Å². The van der Waals surface area contributed by atoms with Gasteiger partial charge in [-0.05, 0) is 18.6 Å². The molecule has 0 spiro atoms. The van der Waals surface area contributed by atoms with Gasteiger partial charge in [-0.15, -0.1) is 0 Å². The van der Waals surface area contributed by atoms with Crippen molar-refractivity contribution < 1.29 is 9.47 Å². The van der Waals surface area contributed by atoms with E-state index >= 15 is 0 Å². The topological polar surface area (TPSA) is 74.7 Å². The zero-order valence-corrected chi connectivity index (χ0v) is 11.4. The smallest absolute Gasteiger partial charge is 0.169 e. The number of hydrogen-bond donors (Lipinski definition) is 1. The molecule has 0 unspecified atom stereocenters. The Morgan fingerprint density at radius 1 is 1.45 bits per heavy atom. The Kier molecular flexibility index (Phi) is 5.00. The number of benzene rings is 1. The predicted octanol–water partition coefficient (Wildman–Crippen LogP) is 1.65. The van der Waals surface area contributed by atoms with E-state index in [0.717, 1.165) is 18.5 Å². The summed E-state index contributed by atoms with van der Waals surface area (Å²) in [5, 5.41) is 3.54. The second-order valence-electron chi connectivity index (χ2n) is 4.16. The minimum atomic E-state index is 0.573. The first-order valence-electron chi connectivity index (χ1n) is 6.34. The third kappa shape index (κ3) is 3.50. The van der Waals surface area contributed by atoms with Crippen molar-refractivity contribution in [2.45, 2.75) is 13.0 Å². The molecule has 0 radical (unpaired) electrons. The van der Waals surface area contributed by atoms with Crippen LogP contribution in [0.5, 0.6) is 11.5 Å². The van der Waals surface area contributed by atoms with E-state index in [1.807, 2.05) is 29.0 Å². The first-order chi connectivity index (χ1) is 9.85. The van der Waals surface area contributed by atoms with Gasteiger partial charge in [0.25, 0.3) is 0 Å². The molecule has 0 aliphatic rings. The van der Waals surface area contributed by atoms with Gasteiger partial charge in [-0.3, -0.25) is 0 Å². The van der Waals surface area contributed by atoms with Crippen LogP contribution in [-0.4, -0.2) is 29.5 Å². The van der Waals surface area contributed by atoms with Gasteiger partial charge in [0, 0.05) is 24.5 Å². The van der Waals surface area contributed by atoms with Gasteiger partial charge in [0.1, 0.15) is 0 Å². The van der Waals surface area contributed by atoms with Gasteiger partial charge in [0.2, 0.25) is 0 Å². The molecule has 106 valence electrons. The minimum Gasteiger partial charge on any atom is -0.493 e. The summed E-state index contributed by atoms with van der Waals surface area (Å²) in [6.45, 7) is 1.43. The van der Waals surface area contributed by atoms with Crippen LogP contribution < -0.4 is 15.3 Å². The summed E-state index contributed by atoms with van der Waals surface area (Å²) in [6.07, 6.45) is 7.89. The largest absolute Gasteiger partial charge is 0.493 e. The Morgan fingerprint density at radius 3 is 3.05 bits per heavy atom. The average Bonchev–Trinajstić information content (AvgIpc) is 2.98. The molecule has 0 aliphatic carbocycles. The fourth-order valence-corrected chi connectivity index (χ4v) is 1.87. The van der Waals surface area contributed by atoms with Crippen LogP contribution in [0.25, 0.3) is 0 Å². The van der Waals surface area contributed by atoms with Crippen LogP contribution >= 0.6 is 0 Å². The van der Waals surface area contributed by atoms with Gasteiger partial charge in [-0.1, -0.05) is 6.07 Å². The Hall–Kier alpha value is -2.50. The Labute approximate surface area is 117 Å². The van der Waals surface area contributed by atoms with Gasteiger partial charge < -0.3 is 19.9 Å². The van der Waals surface area contributed by atoms with Crippen molar-refractivity contribution in [3.8, 4) is 11.5 Å². The number of ether oxygens (including phenoxy) is 2. The van der Waals surface area contributed by atoms with E-state index in [1.165, 1.54) is 0 Å². The minimum absolute atomic E-state index is 0.573. The number of hydrogen-bond acceptors (Lipinski definition) is 5. The molecule has 0 amide bonds. The van der Waals surface area contributed by atoms with Gasteiger partial charge >= 0.3 is 0 Å². The zero-order chi connectivity index (χ0) is 14.2. The highest BCUT2D eigenvalue weighted by atomic mass is 16.5. The van der Waals surface area contributed by atoms with Crippen LogP contribution in [-0.2, 0) is 6.54 Å². The van der Waals surface area contributed by atoms with E-state index in [1.54, 1.807) is 25.8 Å². The summed E-state index contributed by atoms with van der Waals surface area (Å²) in [6, 6.07) is 5.59. The third-order valence-electron chi connectivity index (χ3n) is 2.81. The van der Waals surface area contributed by atoms with Crippen molar-refractivity contribution in [3.05, 3.63) is 42.5 Å². The number of methoxy groups -OCH3 is 1. The molecule has 6 heteroatoms. The molecular formula is C14H18N4O2. The van der Waals surface area contributed by atoms with Crippen LogP contribution in [0, 0.1) is 0 Å². The lowest BCUT2D eigenvalue weighted by Crippen LogP contribution is -2.06. The number of nitrogens with zero attached hydrogens (tertiary/aromatic N) is 3. The molecule has 1 heterocycles. The van der Waals surface area contributed by atoms with E-state index in [-0.39, 0.29) is 0 Å². The van der Waals surface area contributed by atoms with Crippen LogP contribution in [0.1, 0.15) is 12.0 Å². The molecule has 2 N–H and O–H groups in total. The monoisotopic (exact) mass is 274 g/mol. The molecule has 0 bridgehead atoms. The highest BCUT2D eigenvalue weighted by molar-refractivity contribution is 5.84. The summed E-state index contributed by atoms with van der Waals surface area (Å²) in [5.74, 6) is 6.54. The van der Waals surface area contributed by atoms with Crippen molar-refractivity contribution in [2.75, 3.05) is 13.7 Å². The summed E-state index contributed by atoms with van der Waals surface area (Å²) in [4.78, 5) is 4.00. The maximum absolute atomic E-state index is 5.80. The van der Waals surface area contributed by atoms with Crippen molar-refractivity contribution in [2.24, 2.45) is 10.9 Å². The molecule has 1 aromatic heterocycles. The molecule has 2 rings (SSSR count). The van der Waals surface area contributed by atoms with E-state index in [9.17, 15) is 0 Å². The van der Waals surface area contributed by atoms with Crippen molar-refractivity contribution in [1.29, 1.82) is 0 Å². The molecule has 6 nitrogen and oxygen atoms in total. The van der Waals surface area contributed by atoms with E-state index in [4.69, 9.17) is 15.3 Å². The molecule has 20 heavy (non-hydrogen) atoms. The lowest BCUT2D eigenvalue weighted by molar-refractivity contribution is 0.282. The molecular weight excluding hydrogens is 256 g/mol. The molecule has 0 atom stereocenters. The summed E-state index contributed by atoms with van der Waals surface area (Å²) >= 11 is 0. The molecule has 1 aromatic carbocycles. The van der Waals surface area contributed by atoms with E-state index in [2.05, 4.69) is 10.1 Å². The number of para-hydroxylation sites is 1. The standard InChI is InChI=1S/C14H18N4O2/c1-19-13-5-2-4-12(10-17-15)14(13)20-9-3-7-18-8-6-16-11-18/h2,4-6,8,10-11H,3,7,9,15H2,1H3. The van der Waals surface area contributed by atoms with Crippen LogP contribution in [0.3, 0.4) is 0 Å². The molecule has 0 fully saturated rings. The maximum atomic E-state index is 5.80. The maximum Gasteiger partial charge on any atom is 0.169 e. The number of aryl methyl sites for hydroxylation is 1. The first kappa shape index (κ1) is 13.9. The third-order valence-corrected chi connectivity index (χ3v) is 2.81. The van der Waals surface area contributed by atoms with Crippen LogP contribution in [0.15, 0.2) is 42.0 Å². The fourth-order valence-electron chi connectivity index (χ4n) is 1.87. The van der Waals surface area contributed by atoms with Gasteiger partial charge in [-0.25, -0.2) is 4.98 Å². The lowest BCUT2D eigenvalue weighted by Gasteiger charge is -2.13. The van der Waals surface area contributed by atoms with Crippen molar-refractivity contribution in [3.63, 3.8) is 0 Å². The Balaban J connectivity index is 1.97. The summed E-state index contributed by atoms with van der Waals surface area (Å²) in [5.41, 5.74) is 0.800. The number of imidazole rings is 1. The van der Waals surface area contributed by atoms with Crippen LogP contribution in [0.4, 0.5) is 0 Å². The number of nitrogens with two attached hydrogens (primary N) is 1. The van der Waals surface area contributed by atoms with E-state index in [0.29, 0.717) is 18.1 Å². The average molecular weight is 274 g/mol. The SMILES string of the molecule is COc1cccc(C=NN)c1OCCCn1ccnc1. The molecule has 0 saturated heterocycles. The number of hydrazone groups is 1. The second kappa shape index (κ2) is 7.18. The fraction of sp³-hybridized carbons (Fsp3) is 0.286. The number of aromatic nitrogens is 2. The Morgan fingerprint density at radius 2 is 2.35 bits per heavy atom. The molecule has 2 aromatic rings. The highest BCUT2D eigenvalue weighted by Gasteiger charge is 2.08. The normalized spacial score (nSPS) is 10.8. The lowest BCUT2D eigenvalue weighted by atomic mass is 10.2. The van der Waals surface area contributed by atoms with E-state index < -0.39 is 0 Å². The quantitative estimate of drug-likeness (QED) is 0.360. The second-order valence-corrected chi connectivity index (χ2v) is 4.16. The zero-order valence-electron chi connectivity index (χ0n) is 11.4. The summed E-state index contributed by atoms with van der Waals surface area (Å²) < 4.78 is 13.1. The predicted molar refractivity (Wildman–Crippen MR) is 77.1 cm³/mol. The molecule has 0 saturated carbocycles. The van der Waals surface area contributed by atoms with Crippen molar-refractivity contribution in [1.82, 2.24) is 9.55 Å². The van der Waals surface area contributed by atoms with Crippen LogP contribution in [0.2, 0.25) is 0 Å². The highest BCUT2D eigenvalue weighted by Crippen LogP contribution is 2.30. The first-order valence-corrected chi connectivity index (χ1v) is 6.34. The van der Waals surface area contributed by atoms with Crippen molar-refractivity contribution >= 4 is 6.21 Å². The van der Waals surface area contributed by atoms with Gasteiger partial charge in [0.15, 0.2) is 11.5 Å². The number of rotatable bonds is 7. The van der Waals surface area contributed by atoms with Gasteiger partial charge in [0.05, 0.1) is 26.3 Å². The Bertz CT molecular complexity index is 552. The molecule has 0 aliphatic heterocycles.